The SMILES string of the molecule is COCPCCPCOC. The van der Waals surface area contributed by atoms with Gasteiger partial charge in [0.25, 0.3) is 0 Å². The van der Waals surface area contributed by atoms with E-state index >= 15 is 0 Å². The van der Waals surface area contributed by atoms with E-state index in [1.807, 2.05) is 0 Å². The highest BCUT2D eigenvalue weighted by molar-refractivity contribution is 7.42. The van der Waals surface area contributed by atoms with Gasteiger partial charge in [0.05, 0.1) is 12.7 Å². The van der Waals surface area contributed by atoms with Crippen LogP contribution in [0.5, 0.6) is 0 Å². The summed E-state index contributed by atoms with van der Waals surface area (Å²) in [6.07, 6.45) is 4.46. The molecule has 0 aliphatic carbocycles. The summed E-state index contributed by atoms with van der Waals surface area (Å²) < 4.78 is 9.87. The molecule has 0 N–H and O–H groups in total. The van der Waals surface area contributed by atoms with Crippen LogP contribution in [0, 0.1) is 0 Å². The van der Waals surface area contributed by atoms with Gasteiger partial charge in [-0.2, -0.15) is 0 Å². The molecule has 0 aliphatic rings. The number of rotatable bonds is 7. The fourth-order valence-electron chi connectivity index (χ4n) is 0.525. The molecule has 2 unspecified atom stereocenters. The molecule has 0 aromatic carbocycles. The lowest BCUT2D eigenvalue weighted by atomic mass is 11.0. The molecule has 0 saturated carbocycles. The topological polar surface area (TPSA) is 18.5 Å². The van der Waals surface area contributed by atoms with Gasteiger partial charge in [0.2, 0.25) is 0 Å². The Balaban J connectivity index is 2.65. The summed E-state index contributed by atoms with van der Waals surface area (Å²) in [7, 11) is 5.45. The van der Waals surface area contributed by atoms with Crippen LogP contribution in [0.25, 0.3) is 0 Å². The molecular formula is C6H16O2P2. The maximum atomic E-state index is 4.93. The Morgan fingerprint density at radius 3 is 1.60 bits per heavy atom. The first-order chi connectivity index (χ1) is 4.91. The molecule has 0 aromatic rings. The Morgan fingerprint density at radius 1 is 0.900 bits per heavy atom. The van der Waals surface area contributed by atoms with Gasteiger partial charge < -0.3 is 9.47 Å². The highest BCUT2D eigenvalue weighted by Crippen LogP contribution is 2.16. The van der Waals surface area contributed by atoms with E-state index in [2.05, 4.69) is 0 Å². The molecule has 0 fully saturated rings. The van der Waals surface area contributed by atoms with Gasteiger partial charge in [-0.25, -0.2) is 0 Å². The molecule has 4 heteroatoms. The molecule has 0 spiro atoms. The predicted octanol–water partition coefficient (Wildman–Crippen LogP) is 1.55. The fourth-order valence-corrected chi connectivity index (χ4v) is 2.64. The number of methoxy groups -OCH3 is 2. The van der Waals surface area contributed by atoms with Gasteiger partial charge in [0.1, 0.15) is 0 Å². The molecule has 0 saturated heterocycles. The minimum atomic E-state index is 0.928. The van der Waals surface area contributed by atoms with Crippen LogP contribution in [0.15, 0.2) is 0 Å². The van der Waals surface area contributed by atoms with E-state index in [4.69, 9.17) is 9.47 Å². The van der Waals surface area contributed by atoms with Gasteiger partial charge in [-0.1, -0.05) is 17.2 Å². The Bertz CT molecular complexity index is 53.7. The van der Waals surface area contributed by atoms with Gasteiger partial charge in [-0.05, 0) is 12.3 Å². The van der Waals surface area contributed by atoms with Crippen molar-refractivity contribution < 1.29 is 9.47 Å². The normalized spacial score (nSPS) is 12.6. The van der Waals surface area contributed by atoms with Crippen LogP contribution in [-0.2, 0) is 9.47 Å². The molecule has 0 rings (SSSR count). The van der Waals surface area contributed by atoms with E-state index in [-0.39, 0.29) is 0 Å². The minimum absolute atomic E-state index is 0.928. The summed E-state index contributed by atoms with van der Waals surface area (Å²) in [5.41, 5.74) is 0. The average molecular weight is 182 g/mol. The van der Waals surface area contributed by atoms with Crippen LogP contribution in [0.3, 0.4) is 0 Å². The highest BCUT2D eigenvalue weighted by atomic mass is 31.1. The van der Waals surface area contributed by atoms with Crippen molar-refractivity contribution in [1.82, 2.24) is 0 Å². The molecule has 62 valence electrons. The lowest BCUT2D eigenvalue weighted by Gasteiger charge is -1.99. The van der Waals surface area contributed by atoms with Gasteiger partial charge in [-0.3, -0.25) is 0 Å². The van der Waals surface area contributed by atoms with Crippen molar-refractivity contribution in [2.45, 2.75) is 0 Å². The van der Waals surface area contributed by atoms with E-state index < -0.39 is 0 Å². The third kappa shape index (κ3) is 8.78. The van der Waals surface area contributed by atoms with Crippen molar-refractivity contribution >= 4 is 17.2 Å². The highest BCUT2D eigenvalue weighted by Gasteiger charge is 1.87. The molecule has 0 bridgehead atoms. The minimum Gasteiger partial charge on any atom is -0.380 e. The van der Waals surface area contributed by atoms with Crippen molar-refractivity contribution in [2.24, 2.45) is 0 Å². The summed E-state index contributed by atoms with van der Waals surface area (Å²) >= 11 is 0. The summed E-state index contributed by atoms with van der Waals surface area (Å²) in [5.74, 6) is 0. The van der Waals surface area contributed by atoms with Crippen molar-refractivity contribution in [3.63, 3.8) is 0 Å². The van der Waals surface area contributed by atoms with Crippen molar-refractivity contribution in [2.75, 3.05) is 39.2 Å². The molecular weight excluding hydrogens is 166 g/mol. The zero-order valence-corrected chi connectivity index (χ0v) is 8.64. The summed E-state index contributed by atoms with van der Waals surface area (Å²) in [6.45, 7) is 0. The summed E-state index contributed by atoms with van der Waals surface area (Å²) in [6, 6.07) is 0. The van der Waals surface area contributed by atoms with Gasteiger partial charge in [0.15, 0.2) is 0 Å². The quantitative estimate of drug-likeness (QED) is 0.439. The first-order valence-corrected chi connectivity index (χ1v) is 6.14. The number of hydrogen-bond acceptors (Lipinski definition) is 2. The Morgan fingerprint density at radius 2 is 1.30 bits per heavy atom. The second-order valence-electron chi connectivity index (χ2n) is 1.87. The average Bonchev–Trinajstić information content (AvgIpc) is 1.97. The molecule has 0 aromatic heterocycles. The molecule has 0 radical (unpaired) electrons. The van der Waals surface area contributed by atoms with E-state index in [0.29, 0.717) is 0 Å². The monoisotopic (exact) mass is 182 g/mol. The Labute approximate surface area is 66.6 Å². The molecule has 2 atom stereocenters. The van der Waals surface area contributed by atoms with E-state index in [1.165, 1.54) is 12.3 Å². The van der Waals surface area contributed by atoms with E-state index in [1.54, 1.807) is 14.2 Å². The van der Waals surface area contributed by atoms with Crippen LogP contribution in [0.1, 0.15) is 0 Å². The fraction of sp³-hybridized carbons (Fsp3) is 1.00. The van der Waals surface area contributed by atoms with Crippen LogP contribution in [-0.4, -0.2) is 39.2 Å². The van der Waals surface area contributed by atoms with Crippen molar-refractivity contribution in [3.8, 4) is 0 Å². The van der Waals surface area contributed by atoms with Gasteiger partial charge >= 0.3 is 0 Å². The van der Waals surface area contributed by atoms with E-state index in [0.717, 1.165) is 29.9 Å². The first-order valence-electron chi connectivity index (χ1n) is 3.31. The van der Waals surface area contributed by atoms with Crippen molar-refractivity contribution in [3.05, 3.63) is 0 Å². The van der Waals surface area contributed by atoms with Crippen molar-refractivity contribution in [1.29, 1.82) is 0 Å². The second kappa shape index (κ2) is 9.78. The van der Waals surface area contributed by atoms with Gasteiger partial charge in [-0.15, -0.1) is 0 Å². The lowest BCUT2D eigenvalue weighted by Crippen LogP contribution is -1.86. The molecule has 0 heterocycles. The maximum absolute atomic E-state index is 4.93. The van der Waals surface area contributed by atoms with Crippen LogP contribution >= 0.6 is 17.2 Å². The van der Waals surface area contributed by atoms with E-state index in [9.17, 15) is 0 Å². The standard InChI is InChI=1S/C6H16O2P2/c1-7-5-9-3-4-10-6-8-2/h9-10H,3-6H2,1-2H3. The number of ether oxygens (including phenoxy) is 2. The molecule has 2 nitrogen and oxygen atoms in total. The summed E-state index contributed by atoms with van der Waals surface area (Å²) in [5, 5.41) is 0. The molecule has 0 amide bonds. The third-order valence-corrected chi connectivity index (χ3v) is 3.66. The largest absolute Gasteiger partial charge is 0.380 e. The Kier molecular flexibility index (Phi) is 10.5. The zero-order chi connectivity index (χ0) is 7.66. The van der Waals surface area contributed by atoms with Gasteiger partial charge in [0, 0.05) is 14.2 Å². The zero-order valence-electron chi connectivity index (χ0n) is 6.64. The Hall–Kier alpha value is 0.780. The molecule has 0 aliphatic heterocycles. The predicted molar refractivity (Wildman–Crippen MR) is 50.1 cm³/mol. The smallest absolute Gasteiger partial charge is 0.0627 e. The lowest BCUT2D eigenvalue weighted by molar-refractivity contribution is 0.256. The molecule has 10 heavy (non-hydrogen) atoms. The summed E-state index contributed by atoms with van der Waals surface area (Å²) in [4.78, 5) is 0. The second-order valence-corrected chi connectivity index (χ2v) is 4.44. The first kappa shape index (κ1) is 10.8. The van der Waals surface area contributed by atoms with Crippen LogP contribution in [0.2, 0.25) is 0 Å². The van der Waals surface area contributed by atoms with Crippen LogP contribution < -0.4 is 0 Å². The number of hydrogen-bond donors (Lipinski definition) is 0. The third-order valence-electron chi connectivity index (χ3n) is 0.971. The van der Waals surface area contributed by atoms with Crippen LogP contribution in [0.4, 0.5) is 0 Å². The maximum Gasteiger partial charge on any atom is 0.0627 e.